The summed E-state index contributed by atoms with van der Waals surface area (Å²) >= 11 is 0. The van der Waals surface area contributed by atoms with E-state index in [-0.39, 0.29) is 0 Å². The van der Waals surface area contributed by atoms with Crippen molar-refractivity contribution in [1.82, 2.24) is 5.32 Å². The number of allylic oxidation sites excluding steroid dienone is 12. The molecular formula is C46H72N2. The Morgan fingerprint density at radius 3 is 2.04 bits per heavy atom. The van der Waals surface area contributed by atoms with Crippen LogP contribution in [0.5, 0.6) is 0 Å². The summed E-state index contributed by atoms with van der Waals surface area (Å²) in [7, 11) is 0. The lowest BCUT2D eigenvalue weighted by Gasteiger charge is -2.35. The predicted octanol–water partition coefficient (Wildman–Crippen LogP) is 12.3. The van der Waals surface area contributed by atoms with Crippen LogP contribution in [0.25, 0.3) is 0 Å². The normalized spacial score (nSPS) is 31.4. The fraction of sp³-hybridized carbons (Fsp3) is 0.739. The molecule has 0 amide bonds. The Labute approximate surface area is 296 Å². The third-order valence-electron chi connectivity index (χ3n) is 14.6. The van der Waals surface area contributed by atoms with Gasteiger partial charge < -0.3 is 11.1 Å². The molecule has 2 fully saturated rings. The maximum Gasteiger partial charge on any atom is 0.0338 e. The molecule has 0 aromatic heterocycles. The quantitative estimate of drug-likeness (QED) is 0.121. The van der Waals surface area contributed by atoms with Crippen LogP contribution in [0.3, 0.4) is 0 Å². The lowest BCUT2D eigenvalue weighted by atomic mass is 9.71. The molecule has 0 radical (unpaired) electrons. The van der Waals surface area contributed by atoms with Crippen LogP contribution in [0.1, 0.15) is 162 Å². The highest BCUT2D eigenvalue weighted by molar-refractivity contribution is 5.46. The van der Waals surface area contributed by atoms with Gasteiger partial charge in [0.05, 0.1) is 0 Å². The molecule has 6 rings (SSSR count). The van der Waals surface area contributed by atoms with Gasteiger partial charge in [-0.05, 0) is 173 Å². The van der Waals surface area contributed by atoms with Crippen LogP contribution < -0.4 is 11.1 Å². The molecule has 266 valence electrons. The zero-order chi connectivity index (χ0) is 33.3. The van der Waals surface area contributed by atoms with Crippen molar-refractivity contribution in [2.45, 2.75) is 168 Å². The summed E-state index contributed by atoms with van der Waals surface area (Å²) in [6, 6.07) is 0. The Morgan fingerprint density at radius 2 is 1.48 bits per heavy atom. The van der Waals surface area contributed by atoms with Crippen LogP contribution in [0, 0.1) is 35.5 Å². The summed E-state index contributed by atoms with van der Waals surface area (Å²) in [5, 5.41) is 3.86. The maximum atomic E-state index is 6.33. The first-order valence-electron chi connectivity index (χ1n) is 21.2. The van der Waals surface area contributed by atoms with E-state index in [0.717, 1.165) is 42.1 Å². The molecule has 0 bridgehead atoms. The molecule has 6 aliphatic rings. The third-order valence-corrected chi connectivity index (χ3v) is 14.6. The fourth-order valence-corrected chi connectivity index (χ4v) is 10.7. The Bertz CT molecular complexity index is 1240. The molecule has 0 aromatic carbocycles. The molecule has 5 aliphatic carbocycles. The van der Waals surface area contributed by atoms with E-state index in [9.17, 15) is 0 Å². The van der Waals surface area contributed by atoms with Gasteiger partial charge in [0.2, 0.25) is 0 Å². The van der Waals surface area contributed by atoms with E-state index in [0.29, 0.717) is 5.54 Å². The Hall–Kier alpha value is -1.64. The maximum absolute atomic E-state index is 6.33. The van der Waals surface area contributed by atoms with Gasteiger partial charge in [0.1, 0.15) is 0 Å². The molecule has 0 spiro atoms. The third kappa shape index (κ3) is 9.17. The molecule has 4 unspecified atom stereocenters. The highest BCUT2D eigenvalue weighted by Crippen LogP contribution is 2.45. The molecular weight excluding hydrogens is 581 g/mol. The van der Waals surface area contributed by atoms with Gasteiger partial charge in [-0.2, -0.15) is 0 Å². The van der Waals surface area contributed by atoms with Crippen molar-refractivity contribution in [3.8, 4) is 0 Å². The largest absolute Gasteiger partial charge is 0.330 e. The van der Waals surface area contributed by atoms with E-state index in [1.807, 2.05) is 0 Å². The molecule has 1 aliphatic heterocycles. The molecule has 2 nitrogen and oxygen atoms in total. The molecule has 48 heavy (non-hydrogen) atoms. The average molecular weight is 653 g/mol. The standard InChI is InChI=1S/C46H72N2/c1-4-34(5-2)9-7-11-44(32-47)43-24-22-40(23-25-43)39-16-14-37(15-17-39)38-18-20-41(21-19-38)42-26-28-45(29-27-42)46(33-48-46)30-8-10-36-13-12-35(6-3)31-36/h13-14,16,18,20,26,34-35,40,43-45,48H,4-12,15,17,19,21-25,27-33,47H2,1-3H3. The zero-order valence-corrected chi connectivity index (χ0v) is 31.5. The van der Waals surface area contributed by atoms with E-state index in [4.69, 9.17) is 5.73 Å². The second-order valence-electron chi connectivity index (χ2n) is 17.2. The van der Waals surface area contributed by atoms with Gasteiger partial charge in [-0.15, -0.1) is 0 Å². The van der Waals surface area contributed by atoms with Gasteiger partial charge in [0.25, 0.3) is 0 Å². The van der Waals surface area contributed by atoms with E-state index >= 15 is 0 Å². The molecule has 3 N–H and O–H groups in total. The van der Waals surface area contributed by atoms with E-state index in [1.54, 1.807) is 33.4 Å². The van der Waals surface area contributed by atoms with Crippen LogP contribution >= 0.6 is 0 Å². The predicted molar refractivity (Wildman–Crippen MR) is 208 cm³/mol. The van der Waals surface area contributed by atoms with Crippen molar-refractivity contribution in [2.75, 3.05) is 13.1 Å². The van der Waals surface area contributed by atoms with Gasteiger partial charge in [0, 0.05) is 12.1 Å². The van der Waals surface area contributed by atoms with Crippen molar-refractivity contribution in [3.05, 3.63) is 69.9 Å². The molecule has 2 heteroatoms. The van der Waals surface area contributed by atoms with Gasteiger partial charge in [0.15, 0.2) is 0 Å². The average Bonchev–Trinajstić information content (AvgIpc) is 3.80. The molecule has 4 atom stereocenters. The highest BCUT2D eigenvalue weighted by Gasteiger charge is 2.48. The van der Waals surface area contributed by atoms with Crippen molar-refractivity contribution in [2.24, 2.45) is 41.2 Å². The Morgan fingerprint density at radius 1 is 0.771 bits per heavy atom. The monoisotopic (exact) mass is 653 g/mol. The van der Waals surface area contributed by atoms with Crippen LogP contribution in [0.2, 0.25) is 0 Å². The fourth-order valence-electron chi connectivity index (χ4n) is 10.7. The van der Waals surface area contributed by atoms with Gasteiger partial charge in [-0.3, -0.25) is 0 Å². The summed E-state index contributed by atoms with van der Waals surface area (Å²) < 4.78 is 0. The second-order valence-corrected chi connectivity index (χ2v) is 17.2. The van der Waals surface area contributed by atoms with Gasteiger partial charge in [-0.25, -0.2) is 0 Å². The number of nitrogens with one attached hydrogen (secondary N) is 1. The minimum Gasteiger partial charge on any atom is -0.330 e. The SMILES string of the molecule is CCC(CC)CCCC(CN)C1CCC(C2=CC=C(C3=CC=C(C4=CCC(C5(CCCC6=CCC(CC)C6)CN5)CC4)CC3)CC2)CC1. The first-order valence-corrected chi connectivity index (χ1v) is 21.2. The summed E-state index contributed by atoms with van der Waals surface area (Å²) in [4.78, 5) is 0. The zero-order valence-electron chi connectivity index (χ0n) is 31.5. The van der Waals surface area contributed by atoms with Crippen LogP contribution in [-0.4, -0.2) is 18.6 Å². The summed E-state index contributed by atoms with van der Waals surface area (Å²) in [6.45, 7) is 9.22. The highest BCUT2D eigenvalue weighted by atomic mass is 15.2. The summed E-state index contributed by atoms with van der Waals surface area (Å²) in [5.41, 5.74) is 16.8. The lowest BCUT2D eigenvalue weighted by Crippen LogP contribution is -2.29. The van der Waals surface area contributed by atoms with Crippen LogP contribution in [-0.2, 0) is 0 Å². The number of rotatable bonds is 17. The number of hydrogen-bond donors (Lipinski definition) is 2. The molecule has 1 heterocycles. The lowest BCUT2D eigenvalue weighted by molar-refractivity contribution is 0.205. The van der Waals surface area contributed by atoms with Crippen LogP contribution in [0.15, 0.2) is 69.9 Å². The number of nitrogens with two attached hydrogens (primary N) is 1. The molecule has 0 aromatic rings. The second kappa shape index (κ2) is 17.5. The van der Waals surface area contributed by atoms with E-state index in [1.165, 1.54) is 148 Å². The Balaban J connectivity index is 0.940. The van der Waals surface area contributed by atoms with Crippen molar-refractivity contribution < 1.29 is 0 Å². The Kier molecular flexibility index (Phi) is 13.2. The van der Waals surface area contributed by atoms with Crippen molar-refractivity contribution in [1.29, 1.82) is 0 Å². The minimum absolute atomic E-state index is 0.456. The van der Waals surface area contributed by atoms with Crippen molar-refractivity contribution in [3.63, 3.8) is 0 Å². The topological polar surface area (TPSA) is 48.0 Å². The summed E-state index contributed by atoms with van der Waals surface area (Å²) in [6.07, 6.45) is 44.7. The minimum atomic E-state index is 0.456. The van der Waals surface area contributed by atoms with Crippen LogP contribution in [0.4, 0.5) is 0 Å². The first-order chi connectivity index (χ1) is 23.5. The van der Waals surface area contributed by atoms with Gasteiger partial charge >= 0.3 is 0 Å². The van der Waals surface area contributed by atoms with E-state index < -0.39 is 0 Å². The molecule has 1 saturated carbocycles. The van der Waals surface area contributed by atoms with E-state index in [2.05, 4.69) is 62.5 Å². The number of hydrogen-bond acceptors (Lipinski definition) is 2. The smallest absolute Gasteiger partial charge is 0.0338 e. The van der Waals surface area contributed by atoms with Crippen molar-refractivity contribution >= 4 is 0 Å². The summed E-state index contributed by atoms with van der Waals surface area (Å²) in [5.74, 6) is 5.14. The van der Waals surface area contributed by atoms with Gasteiger partial charge in [-0.1, -0.05) is 100 Å². The molecule has 1 saturated heterocycles. The first kappa shape index (κ1) is 36.2.